The highest BCUT2D eigenvalue weighted by atomic mass is 31.1. The molecule has 0 unspecified atom stereocenters. The summed E-state index contributed by atoms with van der Waals surface area (Å²) in [6.45, 7) is 5.25. The van der Waals surface area contributed by atoms with Gasteiger partial charge in [-0.1, -0.05) is 79.7 Å². The third kappa shape index (κ3) is 7.71. The van der Waals surface area contributed by atoms with Crippen molar-refractivity contribution < 1.29 is 19.6 Å². The zero-order chi connectivity index (χ0) is 20.2. The summed E-state index contributed by atoms with van der Waals surface area (Å²) >= 11 is 0. The number of carbonyl (C=O) groups excluding carboxylic acids is 1. The molecule has 29 heavy (non-hydrogen) atoms. The van der Waals surface area contributed by atoms with Gasteiger partial charge in [0.25, 0.3) is 0 Å². The number of aldehydes is 1. The molecule has 3 aromatic carbocycles. The summed E-state index contributed by atoms with van der Waals surface area (Å²) < 4.78 is 14.7. The summed E-state index contributed by atoms with van der Waals surface area (Å²) in [5.74, 6) is 0. The van der Waals surface area contributed by atoms with Crippen molar-refractivity contribution >= 4 is 14.7 Å². The van der Waals surface area contributed by atoms with Gasteiger partial charge in [0.15, 0.2) is 8.46 Å². The van der Waals surface area contributed by atoms with Crippen molar-refractivity contribution in [3.8, 4) is 22.3 Å². The highest BCUT2D eigenvalue weighted by Gasteiger charge is 2.01. The third-order valence-electron chi connectivity index (χ3n) is 4.15. The molecule has 4 nitrogen and oxygen atoms in total. The van der Waals surface area contributed by atoms with Crippen LogP contribution < -0.4 is 0 Å². The van der Waals surface area contributed by atoms with Crippen LogP contribution in [0.3, 0.4) is 0 Å². The number of rotatable bonds is 7. The maximum absolute atomic E-state index is 10.7. The van der Waals surface area contributed by atoms with Crippen LogP contribution in [0.4, 0.5) is 0 Å². The first-order valence-corrected chi connectivity index (χ1v) is 10.3. The van der Waals surface area contributed by atoms with E-state index in [-0.39, 0.29) is 13.9 Å². The van der Waals surface area contributed by atoms with Crippen LogP contribution in [0.15, 0.2) is 72.8 Å². The molecule has 0 saturated heterocycles. The van der Waals surface area contributed by atoms with Crippen molar-refractivity contribution in [2.75, 3.05) is 12.8 Å². The van der Waals surface area contributed by atoms with Crippen molar-refractivity contribution in [2.24, 2.45) is 0 Å². The molecule has 5 heteroatoms. The van der Waals surface area contributed by atoms with Crippen LogP contribution >= 0.6 is 8.46 Å². The van der Waals surface area contributed by atoms with Gasteiger partial charge in [-0.15, -0.1) is 0 Å². The fourth-order valence-electron chi connectivity index (χ4n) is 2.62. The van der Waals surface area contributed by atoms with Crippen LogP contribution in [0.2, 0.25) is 0 Å². The zero-order valence-corrected chi connectivity index (χ0v) is 17.7. The summed E-state index contributed by atoms with van der Waals surface area (Å²) in [6.07, 6.45) is 1.60. The monoisotopic (exact) mass is 410 g/mol. The maximum Gasteiger partial charge on any atom is 0.154 e. The van der Waals surface area contributed by atoms with Gasteiger partial charge in [0.1, 0.15) is 6.29 Å². The normalized spacial score (nSPS) is 9.86. The molecular weight excluding hydrogens is 383 g/mol. The minimum Gasteiger partial charge on any atom is -0.412 e. The van der Waals surface area contributed by atoms with Gasteiger partial charge in [0.05, 0.1) is 6.61 Å². The van der Waals surface area contributed by atoms with E-state index >= 15 is 0 Å². The Balaban J connectivity index is 0.000000771. The molecule has 0 fully saturated rings. The second-order valence-electron chi connectivity index (χ2n) is 6.10. The van der Waals surface area contributed by atoms with E-state index < -0.39 is 0 Å². The van der Waals surface area contributed by atoms with E-state index in [1.54, 1.807) is 0 Å². The molecule has 0 aliphatic carbocycles. The van der Waals surface area contributed by atoms with Crippen LogP contribution in [-0.4, -0.2) is 24.5 Å². The smallest absolute Gasteiger partial charge is 0.154 e. The number of hydrogen-bond acceptors (Lipinski definition) is 3. The van der Waals surface area contributed by atoms with Crippen LogP contribution in [0.25, 0.3) is 22.3 Å². The topological polar surface area (TPSA) is 74.9 Å². The van der Waals surface area contributed by atoms with E-state index in [0.717, 1.165) is 30.2 Å². The first-order valence-electron chi connectivity index (χ1n) is 9.33. The Hall–Kier alpha value is -2.65. The minimum absolute atomic E-state index is 0. The Labute approximate surface area is 174 Å². The van der Waals surface area contributed by atoms with E-state index in [9.17, 15) is 9.36 Å². The second kappa shape index (κ2) is 13.5. The number of ether oxygens (including phenoxy) is 1. The quantitative estimate of drug-likeness (QED) is 0.363. The average Bonchev–Trinajstić information content (AvgIpc) is 2.78. The number of carbonyl (C=O) groups is 1. The molecule has 2 N–H and O–H groups in total. The van der Waals surface area contributed by atoms with Gasteiger partial charge in [-0.25, -0.2) is 0 Å². The fourth-order valence-corrected chi connectivity index (χ4v) is 2.62. The standard InChI is InChI=1S/C22H20O2.C2H5OP.H2O/c1-2-24-16-18-5-9-20(10-6-18)22-13-11-21(12-14-22)19-7-3-17(15-23)4-8-19;1-2-4-3;/h3-15H,2,16H2,1H3;2H2,1H3;1H2. The molecule has 0 aromatic heterocycles. The van der Waals surface area contributed by atoms with Crippen LogP contribution in [-0.2, 0) is 15.9 Å². The Morgan fingerprint density at radius 1 is 0.759 bits per heavy atom. The Kier molecular flexibility index (Phi) is 11.4. The van der Waals surface area contributed by atoms with E-state index in [0.29, 0.717) is 12.2 Å². The molecule has 3 rings (SSSR count). The van der Waals surface area contributed by atoms with Crippen molar-refractivity contribution in [3.05, 3.63) is 83.9 Å². The predicted octanol–water partition coefficient (Wildman–Crippen LogP) is 5.84. The molecule has 152 valence electrons. The fraction of sp³-hybridized carbons (Fsp3) is 0.208. The van der Waals surface area contributed by atoms with Gasteiger partial charge in [-0.2, -0.15) is 0 Å². The summed E-state index contributed by atoms with van der Waals surface area (Å²) in [7, 11) is 0.248. The van der Waals surface area contributed by atoms with E-state index in [1.165, 1.54) is 16.7 Å². The molecule has 0 bridgehead atoms. The zero-order valence-electron chi connectivity index (χ0n) is 16.8. The van der Waals surface area contributed by atoms with E-state index in [1.807, 2.05) is 38.1 Å². The lowest BCUT2D eigenvalue weighted by Gasteiger charge is -2.07. The lowest BCUT2D eigenvalue weighted by atomic mass is 9.99. The van der Waals surface area contributed by atoms with Crippen molar-refractivity contribution in [1.82, 2.24) is 0 Å². The molecule has 0 saturated carbocycles. The Morgan fingerprint density at radius 3 is 1.48 bits per heavy atom. The molecular formula is C24H27O4P. The number of benzene rings is 3. The predicted molar refractivity (Wildman–Crippen MR) is 120 cm³/mol. The van der Waals surface area contributed by atoms with Gasteiger partial charge in [-0.05, 0) is 34.7 Å². The van der Waals surface area contributed by atoms with Crippen molar-refractivity contribution in [2.45, 2.75) is 20.5 Å². The van der Waals surface area contributed by atoms with Crippen molar-refractivity contribution in [3.63, 3.8) is 0 Å². The van der Waals surface area contributed by atoms with Gasteiger partial charge < -0.3 is 10.2 Å². The van der Waals surface area contributed by atoms with Gasteiger partial charge >= 0.3 is 0 Å². The first kappa shape index (κ1) is 24.4. The van der Waals surface area contributed by atoms with Crippen LogP contribution in [0.5, 0.6) is 0 Å². The first-order chi connectivity index (χ1) is 13.7. The SMILES string of the molecule is CCOCc1ccc(-c2ccc(-c3ccc(C=O)cc3)cc2)cc1.CCP=O.O. The molecule has 0 amide bonds. The van der Waals surface area contributed by atoms with Gasteiger partial charge in [-0.3, -0.25) is 9.36 Å². The summed E-state index contributed by atoms with van der Waals surface area (Å²) in [6, 6.07) is 24.6. The molecule has 0 heterocycles. The Morgan fingerprint density at radius 2 is 1.14 bits per heavy atom. The second-order valence-corrected chi connectivity index (χ2v) is 6.99. The van der Waals surface area contributed by atoms with Crippen LogP contribution in [0.1, 0.15) is 29.8 Å². The highest BCUT2D eigenvalue weighted by Crippen LogP contribution is 2.25. The summed E-state index contributed by atoms with van der Waals surface area (Å²) in [5.41, 5.74) is 6.52. The molecule has 0 atom stereocenters. The van der Waals surface area contributed by atoms with Crippen molar-refractivity contribution in [1.29, 1.82) is 0 Å². The summed E-state index contributed by atoms with van der Waals surface area (Å²) in [5, 5.41) is 0. The molecule has 0 spiro atoms. The maximum atomic E-state index is 10.7. The molecule has 0 aliphatic rings. The van der Waals surface area contributed by atoms with E-state index in [2.05, 4.69) is 48.5 Å². The summed E-state index contributed by atoms with van der Waals surface area (Å²) in [4.78, 5) is 10.7. The minimum atomic E-state index is 0. The molecule has 3 aromatic rings. The van der Waals surface area contributed by atoms with Crippen LogP contribution in [0, 0.1) is 0 Å². The largest absolute Gasteiger partial charge is 0.412 e. The molecule has 0 aliphatic heterocycles. The van der Waals surface area contributed by atoms with E-state index in [4.69, 9.17) is 4.74 Å². The average molecular weight is 410 g/mol. The van der Waals surface area contributed by atoms with Gasteiger partial charge in [0, 0.05) is 18.3 Å². The number of hydrogen-bond donors (Lipinski definition) is 0. The third-order valence-corrected chi connectivity index (χ3v) is 4.41. The molecule has 0 radical (unpaired) electrons. The lowest BCUT2D eigenvalue weighted by Crippen LogP contribution is -1.91. The Bertz CT molecular complexity index is 857. The highest BCUT2D eigenvalue weighted by molar-refractivity contribution is 7.23. The van der Waals surface area contributed by atoms with Gasteiger partial charge in [0.2, 0.25) is 0 Å². The lowest BCUT2D eigenvalue weighted by molar-refractivity contribution is 0.112.